The molecule has 1 aliphatic heterocycles. The van der Waals surface area contributed by atoms with Crippen molar-refractivity contribution in [3.63, 3.8) is 0 Å². The van der Waals surface area contributed by atoms with E-state index in [2.05, 4.69) is 20.1 Å². The van der Waals surface area contributed by atoms with Gasteiger partial charge < -0.3 is 14.0 Å². The number of benzene rings is 1. The molecule has 8 heteroatoms. The molecule has 0 radical (unpaired) electrons. The molecule has 4 heterocycles. The number of aromatic nitrogens is 5. The zero-order valence-corrected chi connectivity index (χ0v) is 16.6. The number of fused-ring (bicyclic) bond motifs is 1. The average Bonchev–Trinajstić information content (AvgIpc) is 3.46. The smallest absolute Gasteiger partial charge is 0.258 e. The number of hydrogen-bond donors (Lipinski definition) is 0. The van der Waals surface area contributed by atoms with Crippen molar-refractivity contribution in [3.8, 4) is 22.8 Å². The van der Waals surface area contributed by atoms with Crippen LogP contribution in [0.4, 0.5) is 0 Å². The molecule has 1 aromatic carbocycles. The Hall–Kier alpha value is -3.55. The van der Waals surface area contributed by atoms with Gasteiger partial charge >= 0.3 is 0 Å². The molecular weight excluding hydrogens is 380 g/mol. The maximum atomic E-state index is 12.4. The average molecular weight is 402 g/mol. The second-order valence-electron chi connectivity index (χ2n) is 7.49. The van der Waals surface area contributed by atoms with E-state index < -0.39 is 0 Å². The predicted molar refractivity (Wildman–Crippen MR) is 111 cm³/mol. The lowest BCUT2D eigenvalue weighted by Crippen LogP contribution is -2.35. The number of imidazole rings is 1. The number of rotatable bonds is 5. The first-order valence-corrected chi connectivity index (χ1v) is 10.2. The molecule has 5 rings (SSSR count). The number of aryl methyl sites for hydroxylation is 1. The van der Waals surface area contributed by atoms with Crippen LogP contribution >= 0.6 is 0 Å². The van der Waals surface area contributed by atoms with Crippen LogP contribution < -0.4 is 0 Å². The van der Waals surface area contributed by atoms with E-state index in [4.69, 9.17) is 4.52 Å². The van der Waals surface area contributed by atoms with Gasteiger partial charge in [0.25, 0.3) is 5.89 Å². The van der Waals surface area contributed by atoms with Crippen molar-refractivity contribution in [2.75, 3.05) is 13.1 Å². The van der Waals surface area contributed by atoms with E-state index >= 15 is 0 Å². The molecule has 1 amide bonds. The van der Waals surface area contributed by atoms with Gasteiger partial charge in [-0.15, -0.1) is 0 Å². The molecular formula is C22H22N6O2. The Morgan fingerprint density at radius 1 is 1.03 bits per heavy atom. The van der Waals surface area contributed by atoms with Crippen LogP contribution in [0.2, 0.25) is 0 Å². The minimum atomic E-state index is 0.226. The summed E-state index contributed by atoms with van der Waals surface area (Å²) in [6, 6.07) is 9.54. The molecule has 0 spiro atoms. The lowest BCUT2D eigenvalue weighted by Gasteiger charge is -2.26. The largest absolute Gasteiger partial charge is 0.343 e. The molecule has 1 fully saturated rings. The fourth-order valence-electron chi connectivity index (χ4n) is 3.85. The maximum absolute atomic E-state index is 12.4. The summed E-state index contributed by atoms with van der Waals surface area (Å²) in [6.07, 6.45) is 9.11. The van der Waals surface area contributed by atoms with Crippen LogP contribution in [0.3, 0.4) is 0 Å². The minimum Gasteiger partial charge on any atom is -0.343 e. The van der Waals surface area contributed by atoms with E-state index in [-0.39, 0.29) is 5.91 Å². The second kappa shape index (κ2) is 8.06. The fraction of sp³-hybridized carbons (Fsp3) is 0.318. The highest BCUT2D eigenvalue weighted by molar-refractivity contribution is 5.81. The summed E-state index contributed by atoms with van der Waals surface area (Å²) in [5, 5.41) is 4.10. The highest BCUT2D eigenvalue weighted by Gasteiger charge is 2.17. The van der Waals surface area contributed by atoms with Crippen molar-refractivity contribution >= 4 is 16.9 Å². The van der Waals surface area contributed by atoms with E-state index in [1.54, 1.807) is 18.7 Å². The third kappa shape index (κ3) is 3.68. The standard InChI is InChI=1S/C22H22N6O2/c29-20(27-11-2-1-3-12-27)8-13-28-15-24-18-14-17(4-5-19(18)28)21-25-22(30-26-21)16-6-9-23-10-7-16/h4-7,9-10,14-15H,1-3,8,11-13H2. The van der Waals surface area contributed by atoms with Crippen molar-refractivity contribution in [1.29, 1.82) is 0 Å². The molecule has 30 heavy (non-hydrogen) atoms. The molecule has 8 nitrogen and oxygen atoms in total. The molecule has 0 bridgehead atoms. The summed E-state index contributed by atoms with van der Waals surface area (Å²) in [7, 11) is 0. The topological polar surface area (TPSA) is 89.9 Å². The molecule has 1 saturated heterocycles. The van der Waals surface area contributed by atoms with Gasteiger partial charge in [0.2, 0.25) is 11.7 Å². The number of carbonyl (C=O) groups is 1. The summed E-state index contributed by atoms with van der Waals surface area (Å²) in [6.45, 7) is 2.40. The van der Waals surface area contributed by atoms with Gasteiger partial charge in [0.15, 0.2) is 0 Å². The van der Waals surface area contributed by atoms with Crippen LogP contribution in [0.25, 0.3) is 33.9 Å². The van der Waals surface area contributed by atoms with Gasteiger partial charge in [0.05, 0.1) is 17.4 Å². The monoisotopic (exact) mass is 402 g/mol. The van der Waals surface area contributed by atoms with Gasteiger partial charge in [-0.2, -0.15) is 4.98 Å². The van der Waals surface area contributed by atoms with Crippen molar-refractivity contribution in [3.05, 3.63) is 49.1 Å². The maximum Gasteiger partial charge on any atom is 0.258 e. The van der Waals surface area contributed by atoms with Crippen molar-refractivity contribution in [2.24, 2.45) is 0 Å². The SMILES string of the molecule is O=C(CCn1cnc2cc(-c3noc(-c4ccncc4)n3)ccc21)N1CCCCC1. The van der Waals surface area contributed by atoms with Gasteiger partial charge in [0.1, 0.15) is 0 Å². The molecule has 3 aromatic heterocycles. The molecule has 0 aliphatic carbocycles. The zero-order chi connectivity index (χ0) is 20.3. The lowest BCUT2D eigenvalue weighted by molar-refractivity contribution is -0.132. The summed E-state index contributed by atoms with van der Waals surface area (Å²) in [5.41, 5.74) is 3.49. The Balaban J connectivity index is 1.31. The van der Waals surface area contributed by atoms with Crippen LogP contribution in [0.15, 0.2) is 53.6 Å². The van der Waals surface area contributed by atoms with Gasteiger partial charge in [0, 0.05) is 49.6 Å². The number of amides is 1. The van der Waals surface area contributed by atoms with Gasteiger partial charge in [-0.25, -0.2) is 4.98 Å². The van der Waals surface area contributed by atoms with E-state index in [0.717, 1.165) is 48.1 Å². The van der Waals surface area contributed by atoms with Gasteiger partial charge in [-0.05, 0) is 49.6 Å². The summed E-state index contributed by atoms with van der Waals surface area (Å²) in [5.74, 6) is 1.19. The minimum absolute atomic E-state index is 0.226. The van der Waals surface area contributed by atoms with Crippen LogP contribution in [0, 0.1) is 0 Å². The van der Waals surface area contributed by atoms with Crippen molar-refractivity contribution < 1.29 is 9.32 Å². The third-order valence-electron chi connectivity index (χ3n) is 5.51. The molecule has 0 N–H and O–H groups in total. The zero-order valence-electron chi connectivity index (χ0n) is 16.6. The number of hydrogen-bond acceptors (Lipinski definition) is 6. The van der Waals surface area contributed by atoms with E-state index in [1.807, 2.05) is 39.8 Å². The normalized spacial score (nSPS) is 14.3. The first-order chi connectivity index (χ1) is 14.8. The third-order valence-corrected chi connectivity index (χ3v) is 5.51. The second-order valence-corrected chi connectivity index (χ2v) is 7.49. The highest BCUT2D eigenvalue weighted by atomic mass is 16.5. The number of nitrogens with zero attached hydrogens (tertiary/aromatic N) is 6. The van der Waals surface area contributed by atoms with Gasteiger partial charge in [-0.3, -0.25) is 9.78 Å². The van der Waals surface area contributed by atoms with Crippen LogP contribution in [-0.2, 0) is 11.3 Å². The first kappa shape index (κ1) is 18.5. The summed E-state index contributed by atoms with van der Waals surface area (Å²) in [4.78, 5) is 27.4. The van der Waals surface area contributed by atoms with Gasteiger partial charge in [-0.1, -0.05) is 5.16 Å². The Labute approximate surface area is 173 Å². The first-order valence-electron chi connectivity index (χ1n) is 10.2. The number of piperidine rings is 1. The van der Waals surface area contributed by atoms with Crippen molar-refractivity contribution in [1.82, 2.24) is 29.6 Å². The van der Waals surface area contributed by atoms with Crippen LogP contribution in [0.5, 0.6) is 0 Å². The summed E-state index contributed by atoms with van der Waals surface area (Å²) < 4.78 is 7.42. The Bertz CT molecular complexity index is 1160. The van der Waals surface area contributed by atoms with Crippen LogP contribution in [0.1, 0.15) is 25.7 Å². The van der Waals surface area contributed by atoms with E-state index in [9.17, 15) is 4.79 Å². The molecule has 152 valence electrons. The number of likely N-dealkylation sites (tertiary alicyclic amines) is 1. The predicted octanol–water partition coefficient (Wildman–Crippen LogP) is 3.55. The molecule has 1 aliphatic rings. The Morgan fingerprint density at radius 2 is 1.87 bits per heavy atom. The Kier molecular flexibility index (Phi) is 4.96. The quantitative estimate of drug-likeness (QED) is 0.507. The summed E-state index contributed by atoms with van der Waals surface area (Å²) >= 11 is 0. The van der Waals surface area contributed by atoms with Crippen LogP contribution in [-0.4, -0.2) is 48.6 Å². The Morgan fingerprint density at radius 3 is 2.70 bits per heavy atom. The molecule has 4 aromatic rings. The highest BCUT2D eigenvalue weighted by Crippen LogP contribution is 2.25. The number of pyridine rings is 1. The van der Waals surface area contributed by atoms with E-state index in [0.29, 0.717) is 24.7 Å². The van der Waals surface area contributed by atoms with Crippen molar-refractivity contribution in [2.45, 2.75) is 32.2 Å². The lowest BCUT2D eigenvalue weighted by atomic mass is 10.1. The molecule has 0 unspecified atom stereocenters. The molecule has 0 atom stereocenters. The molecule has 0 saturated carbocycles. The number of carbonyl (C=O) groups excluding carboxylic acids is 1. The van der Waals surface area contributed by atoms with E-state index in [1.165, 1.54) is 6.42 Å². The fourth-order valence-corrected chi connectivity index (χ4v) is 3.85.